The van der Waals surface area contributed by atoms with E-state index in [1.165, 1.54) is 43.5 Å². The van der Waals surface area contributed by atoms with Gasteiger partial charge in [-0.25, -0.2) is 4.79 Å². The maximum absolute atomic E-state index is 12.8. The third-order valence-electron chi connectivity index (χ3n) is 3.22. The van der Waals surface area contributed by atoms with Crippen LogP contribution in [0.2, 0.25) is 0 Å². The van der Waals surface area contributed by atoms with E-state index < -0.39 is 11.6 Å². The fourth-order valence-electron chi connectivity index (χ4n) is 2.12. The number of phenolic OH excluding ortho intramolecular Hbond substituents is 1. The molecule has 2 rings (SSSR count). The highest BCUT2D eigenvalue weighted by molar-refractivity contribution is 6.14. The van der Waals surface area contributed by atoms with E-state index in [1.807, 2.05) is 0 Å². The van der Waals surface area contributed by atoms with Gasteiger partial charge in [-0.15, -0.1) is 0 Å². The molecule has 1 N–H and O–H groups in total. The molecule has 0 amide bonds. The molecule has 5 nitrogen and oxygen atoms in total. The lowest BCUT2D eigenvalue weighted by Gasteiger charge is -2.20. The van der Waals surface area contributed by atoms with Crippen molar-refractivity contribution < 1.29 is 24.2 Å². The molecule has 0 aliphatic carbocycles. The molecule has 5 heteroatoms. The third-order valence-corrected chi connectivity index (χ3v) is 3.22. The lowest BCUT2D eigenvalue weighted by molar-refractivity contribution is 0.00679. The van der Waals surface area contributed by atoms with Gasteiger partial charge in [0.2, 0.25) is 0 Å². The van der Waals surface area contributed by atoms with Gasteiger partial charge in [0.05, 0.1) is 12.7 Å². The molecule has 0 unspecified atom stereocenters. The first kappa shape index (κ1) is 17.5. The zero-order chi connectivity index (χ0) is 17.9. The van der Waals surface area contributed by atoms with Crippen LogP contribution >= 0.6 is 0 Å². The Balaban J connectivity index is 2.48. The van der Waals surface area contributed by atoms with E-state index >= 15 is 0 Å². The third kappa shape index (κ3) is 4.13. The summed E-state index contributed by atoms with van der Waals surface area (Å²) in [6.07, 6.45) is 0. The van der Waals surface area contributed by atoms with Crippen LogP contribution in [0.3, 0.4) is 0 Å². The molecule has 0 radical (unpaired) electrons. The number of aromatic hydroxyl groups is 1. The molecule has 0 atom stereocenters. The minimum Gasteiger partial charge on any atom is -0.508 e. The molecule has 0 heterocycles. The van der Waals surface area contributed by atoms with Gasteiger partial charge in [-0.05, 0) is 63.2 Å². The normalized spacial score (nSPS) is 11.0. The Morgan fingerprint density at radius 3 is 2.12 bits per heavy atom. The van der Waals surface area contributed by atoms with Crippen LogP contribution in [0, 0.1) is 0 Å². The first-order valence-electron chi connectivity index (χ1n) is 7.46. The van der Waals surface area contributed by atoms with E-state index in [0.717, 1.165) is 0 Å². The van der Waals surface area contributed by atoms with Gasteiger partial charge in [-0.2, -0.15) is 0 Å². The Labute approximate surface area is 140 Å². The highest BCUT2D eigenvalue weighted by atomic mass is 16.6. The van der Waals surface area contributed by atoms with E-state index in [1.54, 1.807) is 26.8 Å². The van der Waals surface area contributed by atoms with Gasteiger partial charge in [0.25, 0.3) is 0 Å². The van der Waals surface area contributed by atoms with Crippen LogP contribution in [-0.2, 0) is 4.74 Å². The van der Waals surface area contributed by atoms with Crippen molar-refractivity contribution >= 4 is 11.8 Å². The first-order chi connectivity index (χ1) is 11.2. The van der Waals surface area contributed by atoms with E-state index in [2.05, 4.69) is 0 Å². The summed E-state index contributed by atoms with van der Waals surface area (Å²) in [4.78, 5) is 25.2. The van der Waals surface area contributed by atoms with Gasteiger partial charge in [0.15, 0.2) is 5.78 Å². The second-order valence-electron chi connectivity index (χ2n) is 6.29. The van der Waals surface area contributed by atoms with Crippen molar-refractivity contribution in [2.45, 2.75) is 26.4 Å². The second kappa shape index (κ2) is 6.74. The number of carbonyl (C=O) groups excluding carboxylic acids is 2. The molecular weight excluding hydrogens is 308 g/mol. The highest BCUT2D eigenvalue weighted by Gasteiger charge is 2.24. The van der Waals surface area contributed by atoms with Crippen molar-refractivity contribution in [2.24, 2.45) is 0 Å². The average molecular weight is 328 g/mol. The number of esters is 1. The van der Waals surface area contributed by atoms with Gasteiger partial charge in [-0.3, -0.25) is 4.79 Å². The Bertz CT molecular complexity index is 754. The highest BCUT2D eigenvalue weighted by Crippen LogP contribution is 2.24. The molecule has 24 heavy (non-hydrogen) atoms. The number of carbonyl (C=O) groups is 2. The van der Waals surface area contributed by atoms with Crippen LogP contribution in [0.5, 0.6) is 11.5 Å². The van der Waals surface area contributed by atoms with Gasteiger partial charge in [0.1, 0.15) is 17.1 Å². The number of methoxy groups -OCH3 is 1. The zero-order valence-corrected chi connectivity index (χ0v) is 14.1. The van der Waals surface area contributed by atoms with Crippen LogP contribution < -0.4 is 4.74 Å². The van der Waals surface area contributed by atoms with E-state index in [4.69, 9.17) is 9.47 Å². The Morgan fingerprint density at radius 2 is 1.58 bits per heavy atom. The number of hydrogen-bond donors (Lipinski definition) is 1. The van der Waals surface area contributed by atoms with Gasteiger partial charge < -0.3 is 14.6 Å². The van der Waals surface area contributed by atoms with Crippen LogP contribution in [0.4, 0.5) is 0 Å². The zero-order valence-electron chi connectivity index (χ0n) is 14.1. The Morgan fingerprint density at radius 1 is 0.958 bits per heavy atom. The minimum atomic E-state index is -0.671. The van der Waals surface area contributed by atoms with Crippen molar-refractivity contribution in [3.63, 3.8) is 0 Å². The summed E-state index contributed by atoms with van der Waals surface area (Å²) in [5, 5.41) is 9.36. The van der Waals surface area contributed by atoms with E-state index in [-0.39, 0.29) is 22.7 Å². The fourth-order valence-corrected chi connectivity index (χ4v) is 2.12. The van der Waals surface area contributed by atoms with E-state index in [0.29, 0.717) is 11.3 Å². The summed E-state index contributed by atoms with van der Waals surface area (Å²) in [5.41, 5.74) is 0.0412. The molecule has 0 aromatic heterocycles. The smallest absolute Gasteiger partial charge is 0.339 e. The average Bonchev–Trinajstić information content (AvgIpc) is 2.52. The molecule has 0 saturated heterocycles. The summed E-state index contributed by atoms with van der Waals surface area (Å²) in [6.45, 7) is 5.28. The number of rotatable bonds is 4. The molecule has 0 aliphatic heterocycles. The summed E-state index contributed by atoms with van der Waals surface area (Å²) in [5.74, 6) is -0.406. The van der Waals surface area contributed by atoms with Gasteiger partial charge >= 0.3 is 5.97 Å². The molecule has 2 aromatic carbocycles. The molecule has 2 aromatic rings. The maximum Gasteiger partial charge on any atom is 0.339 e. The van der Waals surface area contributed by atoms with Crippen molar-refractivity contribution in [1.29, 1.82) is 0 Å². The van der Waals surface area contributed by atoms with Crippen LogP contribution in [0.1, 0.15) is 47.1 Å². The SMILES string of the molecule is COc1ccc(C(=O)OC(C)(C)C)c(C(=O)c2ccc(O)cc2)c1. The number of benzene rings is 2. The predicted octanol–water partition coefficient (Wildman–Crippen LogP) is 3.59. The van der Waals surface area contributed by atoms with Crippen molar-refractivity contribution in [1.82, 2.24) is 0 Å². The monoisotopic (exact) mass is 328 g/mol. The van der Waals surface area contributed by atoms with Crippen LogP contribution in [-0.4, -0.2) is 29.6 Å². The summed E-state index contributed by atoms with van der Waals surface area (Å²) in [7, 11) is 1.48. The predicted molar refractivity (Wildman–Crippen MR) is 89.7 cm³/mol. The summed E-state index contributed by atoms with van der Waals surface area (Å²) < 4.78 is 10.5. The first-order valence-corrected chi connectivity index (χ1v) is 7.46. The molecule has 0 spiro atoms. The Hall–Kier alpha value is -2.82. The summed E-state index contributed by atoms with van der Waals surface area (Å²) in [6, 6.07) is 10.5. The van der Waals surface area contributed by atoms with E-state index in [9.17, 15) is 14.7 Å². The molecule has 0 bridgehead atoms. The van der Waals surface area contributed by atoms with Gasteiger partial charge in [0, 0.05) is 11.1 Å². The van der Waals surface area contributed by atoms with Crippen LogP contribution in [0.25, 0.3) is 0 Å². The maximum atomic E-state index is 12.8. The topological polar surface area (TPSA) is 72.8 Å². The lowest BCUT2D eigenvalue weighted by Crippen LogP contribution is -2.25. The van der Waals surface area contributed by atoms with Gasteiger partial charge in [-0.1, -0.05) is 0 Å². The quantitative estimate of drug-likeness (QED) is 0.686. The standard InChI is InChI=1S/C19H20O5/c1-19(2,3)24-18(22)15-10-9-14(23-4)11-16(15)17(21)12-5-7-13(20)8-6-12/h5-11,20H,1-4H3. The van der Waals surface area contributed by atoms with Crippen molar-refractivity contribution in [3.8, 4) is 11.5 Å². The van der Waals surface area contributed by atoms with Crippen LogP contribution in [0.15, 0.2) is 42.5 Å². The van der Waals surface area contributed by atoms with Crippen molar-refractivity contribution in [3.05, 3.63) is 59.2 Å². The summed E-state index contributed by atoms with van der Waals surface area (Å²) >= 11 is 0. The molecular formula is C19H20O5. The second-order valence-corrected chi connectivity index (χ2v) is 6.29. The molecule has 0 saturated carbocycles. The number of ether oxygens (including phenoxy) is 2. The number of ketones is 1. The molecule has 0 fully saturated rings. The number of hydrogen-bond acceptors (Lipinski definition) is 5. The van der Waals surface area contributed by atoms with Crippen molar-refractivity contribution in [2.75, 3.05) is 7.11 Å². The molecule has 126 valence electrons. The Kier molecular flexibility index (Phi) is 4.93. The molecule has 0 aliphatic rings. The lowest BCUT2D eigenvalue weighted by atomic mass is 9.97. The minimum absolute atomic E-state index is 0.0598. The largest absolute Gasteiger partial charge is 0.508 e. The number of phenols is 1. The fraction of sp³-hybridized carbons (Fsp3) is 0.263.